The highest BCUT2D eigenvalue weighted by Crippen LogP contribution is 2.35. The van der Waals surface area contributed by atoms with E-state index in [-0.39, 0.29) is 5.02 Å². The van der Waals surface area contributed by atoms with E-state index in [1.165, 1.54) is 18.5 Å². The number of benzene rings is 2. The minimum Gasteiger partial charge on any atom is -0.493 e. The van der Waals surface area contributed by atoms with Gasteiger partial charge in [0.1, 0.15) is 29.6 Å². The summed E-state index contributed by atoms with van der Waals surface area (Å²) in [6.45, 7) is 4.95. The molecule has 0 saturated heterocycles. The Morgan fingerprint density at radius 3 is 2.82 bits per heavy atom. The van der Waals surface area contributed by atoms with E-state index in [1.807, 2.05) is 19.1 Å². The fraction of sp³-hybridized carbons (Fsp3) is 0.304. The Morgan fingerprint density at radius 2 is 2.03 bits per heavy atom. The van der Waals surface area contributed by atoms with Gasteiger partial charge in [0, 0.05) is 23.7 Å². The lowest BCUT2D eigenvalue weighted by atomic mass is 10.2. The first-order valence-electron chi connectivity index (χ1n) is 10.8. The molecule has 34 heavy (non-hydrogen) atoms. The summed E-state index contributed by atoms with van der Waals surface area (Å²) in [6.07, 6.45) is 2.29. The third-order valence-corrected chi connectivity index (χ3v) is 5.99. The number of hydrogen-bond acceptors (Lipinski definition) is 8. The fourth-order valence-corrected chi connectivity index (χ4v) is 4.12. The highest BCUT2D eigenvalue weighted by molar-refractivity contribution is 6.31. The first-order valence-corrected chi connectivity index (χ1v) is 11.2. The van der Waals surface area contributed by atoms with E-state index in [0.717, 1.165) is 43.2 Å². The molecule has 1 N–H and O–H groups in total. The number of anilines is 2. The third-order valence-electron chi connectivity index (χ3n) is 5.70. The molecule has 2 aromatic heterocycles. The normalized spacial score (nSPS) is 13.3. The van der Waals surface area contributed by atoms with Gasteiger partial charge in [-0.05, 0) is 37.6 Å². The number of halogens is 2. The van der Waals surface area contributed by atoms with Crippen molar-refractivity contribution in [2.45, 2.75) is 26.6 Å². The Bertz CT molecular complexity index is 1350. The van der Waals surface area contributed by atoms with Gasteiger partial charge < -0.3 is 19.4 Å². The van der Waals surface area contributed by atoms with Crippen LogP contribution in [0.2, 0.25) is 5.02 Å². The van der Waals surface area contributed by atoms with Gasteiger partial charge in [0.2, 0.25) is 0 Å². The Morgan fingerprint density at radius 1 is 1.15 bits per heavy atom. The van der Waals surface area contributed by atoms with Gasteiger partial charge in [-0.1, -0.05) is 11.6 Å². The number of aryl methyl sites for hydroxylation is 1. The van der Waals surface area contributed by atoms with Crippen molar-refractivity contribution in [2.24, 2.45) is 0 Å². The van der Waals surface area contributed by atoms with Gasteiger partial charge in [0.15, 0.2) is 11.5 Å². The molecule has 0 atom stereocenters. The summed E-state index contributed by atoms with van der Waals surface area (Å²) in [4.78, 5) is 11.0. The second-order valence-corrected chi connectivity index (χ2v) is 8.39. The zero-order chi connectivity index (χ0) is 23.7. The van der Waals surface area contributed by atoms with Crippen molar-refractivity contribution in [1.82, 2.24) is 29.6 Å². The van der Waals surface area contributed by atoms with Crippen LogP contribution in [0.25, 0.3) is 10.9 Å². The summed E-state index contributed by atoms with van der Waals surface area (Å²) in [5.41, 5.74) is 1.30. The summed E-state index contributed by atoms with van der Waals surface area (Å²) in [5.74, 6) is 3.19. The van der Waals surface area contributed by atoms with Crippen LogP contribution in [0.3, 0.4) is 0 Å². The molecule has 9 nitrogen and oxygen atoms in total. The predicted octanol–water partition coefficient (Wildman–Crippen LogP) is 4.32. The molecule has 176 valence electrons. The fourth-order valence-electron chi connectivity index (χ4n) is 3.94. The number of aromatic nitrogens is 5. The maximum atomic E-state index is 13.5. The van der Waals surface area contributed by atoms with Gasteiger partial charge in [-0.15, -0.1) is 10.2 Å². The average Bonchev–Trinajstić information content (AvgIpc) is 3.40. The van der Waals surface area contributed by atoms with Crippen LogP contribution in [0, 0.1) is 12.7 Å². The van der Waals surface area contributed by atoms with Gasteiger partial charge >= 0.3 is 0 Å². The number of rotatable bonds is 8. The predicted molar refractivity (Wildman–Crippen MR) is 126 cm³/mol. The van der Waals surface area contributed by atoms with Gasteiger partial charge in [-0.2, -0.15) is 0 Å². The first kappa shape index (κ1) is 22.3. The van der Waals surface area contributed by atoms with Crippen molar-refractivity contribution < 1.29 is 13.9 Å². The average molecular weight is 484 g/mol. The molecule has 1 aliphatic rings. The highest BCUT2D eigenvalue weighted by atomic mass is 35.5. The minimum absolute atomic E-state index is 0.0296. The monoisotopic (exact) mass is 483 g/mol. The third kappa shape index (κ3) is 4.46. The second kappa shape index (κ2) is 9.40. The van der Waals surface area contributed by atoms with Crippen LogP contribution in [0.1, 0.15) is 18.1 Å². The van der Waals surface area contributed by atoms with Crippen molar-refractivity contribution in [2.75, 3.05) is 25.6 Å². The Hall–Kier alpha value is -3.50. The number of nitrogens with one attached hydrogen (secondary N) is 1. The lowest BCUT2D eigenvalue weighted by Gasteiger charge is -2.16. The summed E-state index contributed by atoms with van der Waals surface area (Å²) in [6, 6.07) is 8.06. The van der Waals surface area contributed by atoms with Crippen LogP contribution in [0.5, 0.6) is 11.5 Å². The molecule has 0 spiro atoms. The molecule has 11 heteroatoms. The molecule has 0 aliphatic carbocycles. The van der Waals surface area contributed by atoms with Gasteiger partial charge in [-0.25, -0.2) is 14.4 Å². The lowest BCUT2D eigenvalue weighted by Crippen LogP contribution is -2.21. The number of fused-ring (bicyclic) bond motifs is 2. The Balaban J connectivity index is 1.28. The van der Waals surface area contributed by atoms with Crippen LogP contribution >= 0.6 is 11.6 Å². The molecular formula is C23H23ClFN7O2. The first-order chi connectivity index (χ1) is 16.5. The molecule has 2 aromatic carbocycles. The largest absolute Gasteiger partial charge is 0.493 e. The number of hydrogen-bond donors (Lipinski definition) is 1. The van der Waals surface area contributed by atoms with Crippen molar-refractivity contribution in [3.8, 4) is 11.5 Å². The molecule has 0 amide bonds. The molecular weight excluding hydrogens is 461 g/mol. The van der Waals surface area contributed by atoms with Crippen LogP contribution in [-0.4, -0.2) is 49.9 Å². The zero-order valence-electron chi connectivity index (χ0n) is 18.8. The molecule has 0 fully saturated rings. The summed E-state index contributed by atoms with van der Waals surface area (Å²) >= 11 is 5.91. The smallest absolute Gasteiger partial charge is 0.162 e. The Labute approximate surface area is 200 Å². The van der Waals surface area contributed by atoms with E-state index in [2.05, 4.69) is 34.9 Å². The van der Waals surface area contributed by atoms with Gasteiger partial charge in [0.25, 0.3) is 0 Å². The van der Waals surface area contributed by atoms with Gasteiger partial charge in [-0.3, -0.25) is 4.90 Å². The van der Waals surface area contributed by atoms with Crippen molar-refractivity contribution >= 4 is 34.0 Å². The molecule has 5 rings (SSSR count). The Kier molecular flexibility index (Phi) is 6.16. The van der Waals surface area contributed by atoms with Crippen molar-refractivity contribution in [3.63, 3.8) is 0 Å². The van der Waals surface area contributed by atoms with E-state index in [0.29, 0.717) is 35.1 Å². The molecule has 3 heterocycles. The van der Waals surface area contributed by atoms with E-state index in [1.54, 1.807) is 13.2 Å². The molecule has 0 bridgehead atoms. The number of ether oxygens (including phenoxy) is 2. The van der Waals surface area contributed by atoms with E-state index < -0.39 is 5.82 Å². The summed E-state index contributed by atoms with van der Waals surface area (Å²) in [5, 5.41) is 12.3. The van der Waals surface area contributed by atoms with E-state index in [4.69, 9.17) is 21.1 Å². The highest BCUT2D eigenvalue weighted by Gasteiger charge is 2.21. The molecule has 4 aromatic rings. The maximum Gasteiger partial charge on any atom is 0.162 e. The second-order valence-electron chi connectivity index (χ2n) is 7.98. The SMILES string of the molecule is COc1cc2ncnc(Nc3ccc(F)c(Cl)c3)c2cc1OCCCN1Cc2nnc(C)n2C1. The lowest BCUT2D eigenvalue weighted by molar-refractivity contribution is 0.216. The number of nitrogens with zero attached hydrogens (tertiary/aromatic N) is 6. The van der Waals surface area contributed by atoms with Gasteiger partial charge in [0.05, 0.1) is 37.5 Å². The minimum atomic E-state index is -0.481. The molecule has 0 radical (unpaired) electrons. The molecule has 1 aliphatic heterocycles. The maximum absolute atomic E-state index is 13.5. The van der Waals surface area contributed by atoms with Crippen molar-refractivity contribution in [1.29, 1.82) is 0 Å². The van der Waals surface area contributed by atoms with E-state index in [9.17, 15) is 4.39 Å². The van der Waals surface area contributed by atoms with Crippen LogP contribution < -0.4 is 14.8 Å². The zero-order valence-corrected chi connectivity index (χ0v) is 19.5. The van der Waals surface area contributed by atoms with Crippen molar-refractivity contribution in [3.05, 3.63) is 59.1 Å². The van der Waals surface area contributed by atoms with Crippen LogP contribution in [0.15, 0.2) is 36.7 Å². The number of methoxy groups -OCH3 is 1. The molecule has 0 saturated carbocycles. The summed E-state index contributed by atoms with van der Waals surface area (Å²) < 4.78 is 27.2. The van der Waals surface area contributed by atoms with E-state index >= 15 is 0 Å². The van der Waals surface area contributed by atoms with Crippen LogP contribution in [-0.2, 0) is 13.2 Å². The quantitative estimate of drug-likeness (QED) is 0.371. The standard InChI is InChI=1S/C23H23ClFN7O2/c1-14-29-30-22-11-31(13-32(14)22)6-3-7-34-21-9-16-19(10-20(21)33-2)26-12-27-23(16)28-15-4-5-18(25)17(24)8-15/h4-5,8-10,12H,3,6-7,11,13H2,1-2H3,(H,26,27,28). The topological polar surface area (TPSA) is 90.2 Å². The van der Waals surface area contributed by atoms with Crippen LogP contribution in [0.4, 0.5) is 15.9 Å². The molecule has 0 unspecified atom stereocenters. The summed E-state index contributed by atoms with van der Waals surface area (Å²) in [7, 11) is 1.59.